The number of para-hydroxylation sites is 1. The summed E-state index contributed by atoms with van der Waals surface area (Å²) in [6.07, 6.45) is 0. The van der Waals surface area contributed by atoms with Gasteiger partial charge in [0.15, 0.2) is 0 Å². The number of benzene rings is 2. The fraction of sp³-hybridized carbons (Fsp3) is 0.200. The molecule has 1 unspecified atom stereocenters. The second-order valence-electron chi connectivity index (χ2n) is 4.28. The van der Waals surface area contributed by atoms with Crippen LogP contribution in [0, 0.1) is 0 Å². The number of phenols is 1. The van der Waals surface area contributed by atoms with Gasteiger partial charge < -0.3 is 15.5 Å². The van der Waals surface area contributed by atoms with Crippen molar-refractivity contribution >= 4 is 5.69 Å². The van der Waals surface area contributed by atoms with Crippen molar-refractivity contribution in [2.24, 2.45) is 0 Å². The van der Waals surface area contributed by atoms with Gasteiger partial charge in [-0.15, -0.1) is 0 Å². The third kappa shape index (κ3) is 2.81. The molecule has 18 heavy (non-hydrogen) atoms. The lowest BCUT2D eigenvalue weighted by atomic mass is 10.1. The molecule has 0 aromatic heterocycles. The molecule has 2 rings (SSSR count). The Bertz CT molecular complexity index is 508. The molecule has 3 heteroatoms. The highest BCUT2D eigenvalue weighted by Gasteiger charge is 2.09. The standard InChI is InChI=1S/C15H17NO2/c1-11(14-4-2-3-5-15(14)18)16-13-8-6-12(10-17)7-9-13/h2-9,11,16-18H,10H2,1H3. The van der Waals surface area contributed by atoms with Crippen LogP contribution >= 0.6 is 0 Å². The van der Waals surface area contributed by atoms with Crippen LogP contribution < -0.4 is 5.32 Å². The molecule has 2 aromatic carbocycles. The number of nitrogens with one attached hydrogen (secondary N) is 1. The van der Waals surface area contributed by atoms with Gasteiger partial charge in [0, 0.05) is 11.3 Å². The Labute approximate surface area is 107 Å². The normalized spacial score (nSPS) is 12.1. The van der Waals surface area contributed by atoms with Gasteiger partial charge in [0.2, 0.25) is 0 Å². The van der Waals surface area contributed by atoms with Crippen LogP contribution in [0.5, 0.6) is 5.75 Å². The summed E-state index contributed by atoms with van der Waals surface area (Å²) in [6.45, 7) is 2.05. The minimum Gasteiger partial charge on any atom is -0.508 e. The van der Waals surface area contributed by atoms with Gasteiger partial charge in [-0.2, -0.15) is 0 Å². The predicted molar refractivity (Wildman–Crippen MR) is 72.5 cm³/mol. The first-order valence-electron chi connectivity index (χ1n) is 5.95. The molecule has 0 fully saturated rings. The van der Waals surface area contributed by atoms with Crippen molar-refractivity contribution in [2.45, 2.75) is 19.6 Å². The number of anilines is 1. The highest BCUT2D eigenvalue weighted by molar-refractivity contribution is 5.48. The van der Waals surface area contributed by atoms with Crippen LogP contribution in [0.4, 0.5) is 5.69 Å². The number of phenolic OH excluding ortho intramolecular Hbond substituents is 1. The third-order valence-electron chi connectivity index (χ3n) is 2.92. The quantitative estimate of drug-likeness (QED) is 0.773. The molecule has 0 amide bonds. The van der Waals surface area contributed by atoms with Crippen molar-refractivity contribution in [3.8, 4) is 5.75 Å². The van der Waals surface area contributed by atoms with Gasteiger partial charge in [-0.3, -0.25) is 0 Å². The Morgan fingerprint density at radius 3 is 2.33 bits per heavy atom. The number of hydrogen-bond acceptors (Lipinski definition) is 3. The van der Waals surface area contributed by atoms with Crippen molar-refractivity contribution in [1.29, 1.82) is 0 Å². The first kappa shape index (κ1) is 12.5. The smallest absolute Gasteiger partial charge is 0.120 e. The summed E-state index contributed by atoms with van der Waals surface area (Å²) in [5.41, 5.74) is 2.71. The molecular weight excluding hydrogens is 226 g/mol. The molecule has 0 saturated heterocycles. The molecule has 0 aliphatic carbocycles. The molecule has 3 N–H and O–H groups in total. The van der Waals surface area contributed by atoms with E-state index in [1.54, 1.807) is 6.07 Å². The van der Waals surface area contributed by atoms with Gasteiger partial charge in [-0.25, -0.2) is 0 Å². The zero-order chi connectivity index (χ0) is 13.0. The maximum atomic E-state index is 9.77. The molecule has 0 radical (unpaired) electrons. The van der Waals surface area contributed by atoms with E-state index in [9.17, 15) is 5.11 Å². The van der Waals surface area contributed by atoms with Gasteiger partial charge in [0.25, 0.3) is 0 Å². The average molecular weight is 243 g/mol. The third-order valence-corrected chi connectivity index (χ3v) is 2.92. The second-order valence-corrected chi connectivity index (χ2v) is 4.28. The maximum absolute atomic E-state index is 9.77. The molecule has 1 atom stereocenters. The van der Waals surface area contributed by atoms with Crippen molar-refractivity contribution < 1.29 is 10.2 Å². The number of rotatable bonds is 4. The van der Waals surface area contributed by atoms with Crippen LogP contribution in [0.25, 0.3) is 0 Å². The van der Waals surface area contributed by atoms with Crippen LogP contribution in [0.1, 0.15) is 24.1 Å². The molecule has 0 heterocycles. The van der Waals surface area contributed by atoms with E-state index in [1.165, 1.54) is 0 Å². The molecule has 2 aromatic rings. The average Bonchev–Trinajstić information content (AvgIpc) is 2.40. The van der Waals surface area contributed by atoms with E-state index in [0.717, 1.165) is 16.8 Å². The van der Waals surface area contributed by atoms with Crippen LogP contribution in [0.2, 0.25) is 0 Å². The highest BCUT2D eigenvalue weighted by Crippen LogP contribution is 2.26. The van der Waals surface area contributed by atoms with E-state index in [1.807, 2.05) is 49.4 Å². The zero-order valence-electron chi connectivity index (χ0n) is 10.3. The second kappa shape index (κ2) is 5.56. The molecule has 0 bridgehead atoms. The SMILES string of the molecule is CC(Nc1ccc(CO)cc1)c1ccccc1O. The summed E-state index contributed by atoms with van der Waals surface area (Å²) in [5.74, 6) is 0.296. The van der Waals surface area contributed by atoms with Crippen LogP contribution in [-0.4, -0.2) is 10.2 Å². The van der Waals surface area contributed by atoms with Gasteiger partial charge in [0.1, 0.15) is 5.75 Å². The van der Waals surface area contributed by atoms with Crippen molar-refractivity contribution in [1.82, 2.24) is 0 Å². The summed E-state index contributed by atoms with van der Waals surface area (Å²) >= 11 is 0. The molecule has 94 valence electrons. The first-order chi connectivity index (χ1) is 8.70. The van der Waals surface area contributed by atoms with Crippen molar-refractivity contribution in [3.63, 3.8) is 0 Å². The van der Waals surface area contributed by atoms with E-state index in [0.29, 0.717) is 5.75 Å². The van der Waals surface area contributed by atoms with Crippen LogP contribution in [-0.2, 0) is 6.61 Å². The fourth-order valence-electron chi connectivity index (χ4n) is 1.89. The maximum Gasteiger partial charge on any atom is 0.120 e. The number of aliphatic hydroxyl groups excluding tert-OH is 1. The minimum atomic E-state index is 0.0196. The van der Waals surface area contributed by atoms with Gasteiger partial charge in [-0.05, 0) is 30.7 Å². The Kier molecular flexibility index (Phi) is 3.85. The lowest BCUT2D eigenvalue weighted by Gasteiger charge is -2.17. The highest BCUT2D eigenvalue weighted by atomic mass is 16.3. The fourth-order valence-corrected chi connectivity index (χ4v) is 1.89. The Balaban J connectivity index is 2.11. The summed E-state index contributed by atoms with van der Waals surface area (Å²) in [5, 5.41) is 22.0. The van der Waals surface area contributed by atoms with Gasteiger partial charge >= 0.3 is 0 Å². The van der Waals surface area contributed by atoms with Crippen molar-refractivity contribution in [2.75, 3.05) is 5.32 Å². The Morgan fingerprint density at radius 1 is 1.06 bits per heavy atom. The first-order valence-corrected chi connectivity index (χ1v) is 5.95. The summed E-state index contributed by atoms with van der Waals surface area (Å²) in [6, 6.07) is 14.9. The molecule has 0 spiro atoms. The molecule has 3 nitrogen and oxygen atoms in total. The topological polar surface area (TPSA) is 52.5 Å². The van der Waals surface area contributed by atoms with Crippen LogP contribution in [0.3, 0.4) is 0 Å². The monoisotopic (exact) mass is 243 g/mol. The number of hydrogen-bond donors (Lipinski definition) is 3. The lowest BCUT2D eigenvalue weighted by Crippen LogP contribution is -2.06. The van der Waals surface area contributed by atoms with Crippen molar-refractivity contribution in [3.05, 3.63) is 59.7 Å². The van der Waals surface area contributed by atoms with E-state index < -0.39 is 0 Å². The molecule has 0 aliphatic rings. The minimum absolute atomic E-state index is 0.0196. The molecular formula is C15H17NO2. The number of aromatic hydroxyl groups is 1. The Hall–Kier alpha value is -2.00. The summed E-state index contributed by atoms with van der Waals surface area (Å²) in [7, 11) is 0. The summed E-state index contributed by atoms with van der Waals surface area (Å²) in [4.78, 5) is 0. The van der Waals surface area contributed by atoms with E-state index >= 15 is 0 Å². The molecule has 0 aliphatic heterocycles. The van der Waals surface area contributed by atoms with E-state index in [-0.39, 0.29) is 12.6 Å². The van der Waals surface area contributed by atoms with E-state index in [4.69, 9.17) is 5.11 Å². The van der Waals surface area contributed by atoms with Gasteiger partial charge in [-0.1, -0.05) is 30.3 Å². The van der Waals surface area contributed by atoms with E-state index in [2.05, 4.69) is 5.32 Å². The summed E-state index contributed by atoms with van der Waals surface area (Å²) < 4.78 is 0. The predicted octanol–water partition coefficient (Wildman–Crippen LogP) is 3.06. The zero-order valence-corrected chi connectivity index (χ0v) is 10.3. The molecule has 0 saturated carbocycles. The van der Waals surface area contributed by atoms with Crippen LogP contribution in [0.15, 0.2) is 48.5 Å². The largest absolute Gasteiger partial charge is 0.508 e. The van der Waals surface area contributed by atoms with Gasteiger partial charge in [0.05, 0.1) is 12.6 Å². The number of aliphatic hydroxyl groups is 1. The Morgan fingerprint density at radius 2 is 1.72 bits per heavy atom. The lowest BCUT2D eigenvalue weighted by molar-refractivity contribution is 0.282.